The molecule has 0 radical (unpaired) electrons. The lowest BCUT2D eigenvalue weighted by atomic mass is 10.1. The van der Waals surface area contributed by atoms with Gasteiger partial charge in [0.1, 0.15) is 5.75 Å². The number of halogens is 9. The van der Waals surface area contributed by atoms with Crippen LogP contribution in [-0.2, 0) is 10.2 Å². The number of pyridine rings is 1. The molecule has 0 aliphatic rings. The minimum Gasteiger partial charge on any atom is -0.428 e. The number of hydrogen-bond acceptors (Lipinski definition) is 4. The van der Waals surface area contributed by atoms with Gasteiger partial charge in [0.15, 0.2) is 0 Å². The Kier molecular flexibility index (Phi) is 5.80. The van der Waals surface area contributed by atoms with E-state index in [1.807, 2.05) is 0 Å². The van der Waals surface area contributed by atoms with E-state index in [1.165, 1.54) is 31.2 Å². The molecule has 1 heterocycles. The van der Waals surface area contributed by atoms with Gasteiger partial charge in [-0.25, -0.2) is 0 Å². The molecule has 0 aliphatic heterocycles. The standard InChI is InChI=1S/C16H10F9NO3S/c1-9-7-11(8-12(26-9)10-5-3-2-4-6-10)29-15(21,22)13(17,18)14(19,20)16(23,24)30(25,27)28/h2-8H,1H3. The van der Waals surface area contributed by atoms with Crippen molar-refractivity contribution in [2.75, 3.05) is 0 Å². The highest BCUT2D eigenvalue weighted by Crippen LogP contribution is 2.55. The molecule has 1 aromatic heterocycles. The minimum atomic E-state index is -7.69. The molecule has 0 spiro atoms. The van der Waals surface area contributed by atoms with Crippen molar-refractivity contribution in [1.29, 1.82) is 0 Å². The quantitative estimate of drug-likeness (QED) is 0.416. The summed E-state index contributed by atoms with van der Waals surface area (Å²) in [6.07, 6.45) is -6.38. The van der Waals surface area contributed by atoms with Crippen LogP contribution in [-0.4, -0.2) is 36.6 Å². The summed E-state index contributed by atoms with van der Waals surface area (Å²) in [4.78, 5) is 3.91. The number of aromatic nitrogens is 1. The zero-order valence-electron chi connectivity index (χ0n) is 14.5. The van der Waals surface area contributed by atoms with Crippen LogP contribution in [0.5, 0.6) is 5.75 Å². The first kappa shape index (κ1) is 23.8. The minimum absolute atomic E-state index is 0.103. The van der Waals surface area contributed by atoms with Gasteiger partial charge in [-0.05, 0) is 6.92 Å². The van der Waals surface area contributed by atoms with E-state index in [0.717, 1.165) is 0 Å². The summed E-state index contributed by atoms with van der Waals surface area (Å²) in [5.74, 6) is -15.7. The van der Waals surface area contributed by atoms with Gasteiger partial charge in [-0.15, -0.1) is 0 Å². The molecule has 30 heavy (non-hydrogen) atoms. The van der Waals surface area contributed by atoms with Crippen molar-refractivity contribution in [2.45, 2.75) is 30.1 Å². The number of hydrogen-bond donors (Lipinski definition) is 0. The summed E-state index contributed by atoms with van der Waals surface area (Å²) in [5.41, 5.74) is 0.0588. The molecule has 2 aromatic rings. The molecule has 0 bridgehead atoms. The van der Waals surface area contributed by atoms with Crippen LogP contribution in [0.3, 0.4) is 0 Å². The van der Waals surface area contributed by atoms with Crippen molar-refractivity contribution in [1.82, 2.24) is 4.98 Å². The zero-order valence-corrected chi connectivity index (χ0v) is 15.3. The van der Waals surface area contributed by atoms with E-state index in [1.54, 1.807) is 6.07 Å². The molecule has 0 saturated carbocycles. The number of nitrogens with zero attached hydrogens (tertiary/aromatic N) is 1. The Bertz CT molecular complexity index is 1030. The first-order valence-corrected chi connectivity index (χ1v) is 9.01. The lowest BCUT2D eigenvalue weighted by Gasteiger charge is -2.34. The SMILES string of the molecule is Cc1cc(OC(F)(F)C(F)(F)C(F)(F)C(F)(F)S(=O)(=O)F)cc(-c2ccccc2)n1. The molecule has 4 nitrogen and oxygen atoms in total. The molecular formula is C16H10F9NO3S. The van der Waals surface area contributed by atoms with Crippen LogP contribution < -0.4 is 4.74 Å². The predicted octanol–water partition coefficient (Wildman–Crippen LogP) is 5.19. The second kappa shape index (κ2) is 7.32. The molecule has 166 valence electrons. The van der Waals surface area contributed by atoms with Crippen molar-refractivity contribution < 1.29 is 52.2 Å². The van der Waals surface area contributed by atoms with Gasteiger partial charge in [0.25, 0.3) is 0 Å². The molecule has 0 saturated heterocycles. The second-order valence-electron chi connectivity index (χ2n) is 5.92. The fourth-order valence-electron chi connectivity index (χ4n) is 2.18. The van der Waals surface area contributed by atoms with Gasteiger partial charge in [0.2, 0.25) is 0 Å². The Morgan fingerprint density at radius 1 is 0.867 bits per heavy atom. The number of alkyl halides is 8. The van der Waals surface area contributed by atoms with Gasteiger partial charge in [0.05, 0.1) is 5.69 Å². The van der Waals surface area contributed by atoms with Crippen molar-refractivity contribution in [3.8, 4) is 17.0 Å². The van der Waals surface area contributed by atoms with Crippen LogP contribution in [0.25, 0.3) is 11.3 Å². The van der Waals surface area contributed by atoms with Gasteiger partial charge in [0, 0.05) is 23.4 Å². The van der Waals surface area contributed by atoms with Crippen LogP contribution in [0.2, 0.25) is 0 Å². The Balaban J connectivity index is 2.48. The molecule has 0 N–H and O–H groups in total. The fourth-order valence-corrected chi connectivity index (χ4v) is 2.62. The first-order chi connectivity index (χ1) is 13.4. The molecule has 2 rings (SSSR count). The van der Waals surface area contributed by atoms with E-state index in [0.29, 0.717) is 12.1 Å². The summed E-state index contributed by atoms with van der Waals surface area (Å²) in [6.45, 7) is 1.20. The highest BCUT2D eigenvalue weighted by molar-refractivity contribution is 7.87. The lowest BCUT2D eigenvalue weighted by molar-refractivity contribution is -0.396. The van der Waals surface area contributed by atoms with Crippen molar-refractivity contribution in [2.24, 2.45) is 0 Å². The number of rotatable bonds is 7. The van der Waals surface area contributed by atoms with E-state index in [9.17, 15) is 47.4 Å². The molecule has 0 unspecified atom stereocenters. The van der Waals surface area contributed by atoms with Gasteiger partial charge in [-0.3, -0.25) is 4.98 Å². The molecule has 14 heteroatoms. The van der Waals surface area contributed by atoms with Gasteiger partial charge in [-0.2, -0.15) is 43.5 Å². The summed E-state index contributed by atoms with van der Waals surface area (Å²) in [5, 5.41) is -7.17. The number of benzene rings is 1. The normalized spacial score (nSPS) is 13.9. The highest BCUT2D eigenvalue weighted by atomic mass is 32.3. The number of ether oxygens (including phenoxy) is 1. The molecule has 1 aromatic carbocycles. The van der Waals surface area contributed by atoms with Crippen LogP contribution in [0.15, 0.2) is 42.5 Å². The molecular weight excluding hydrogens is 457 g/mol. The lowest BCUT2D eigenvalue weighted by Crippen LogP contribution is -2.65. The van der Waals surface area contributed by atoms with Crippen molar-refractivity contribution >= 4 is 10.2 Å². The maximum atomic E-state index is 13.8. The summed E-state index contributed by atoms with van der Waals surface area (Å²) in [7, 11) is -7.69. The third kappa shape index (κ3) is 3.91. The monoisotopic (exact) mass is 467 g/mol. The van der Waals surface area contributed by atoms with Gasteiger partial charge < -0.3 is 4.74 Å². The van der Waals surface area contributed by atoms with Gasteiger partial charge >= 0.3 is 33.4 Å². The Hall–Kier alpha value is -2.51. The molecule has 0 fully saturated rings. The van der Waals surface area contributed by atoms with Crippen LogP contribution in [0.4, 0.5) is 39.0 Å². The van der Waals surface area contributed by atoms with Crippen molar-refractivity contribution in [3.63, 3.8) is 0 Å². The van der Waals surface area contributed by atoms with Crippen LogP contribution >= 0.6 is 0 Å². The van der Waals surface area contributed by atoms with Crippen LogP contribution in [0.1, 0.15) is 5.69 Å². The molecule has 0 amide bonds. The average Bonchev–Trinajstić information content (AvgIpc) is 2.60. The Morgan fingerprint density at radius 3 is 1.90 bits per heavy atom. The predicted molar refractivity (Wildman–Crippen MR) is 84.9 cm³/mol. The zero-order chi connectivity index (χ0) is 23.2. The van der Waals surface area contributed by atoms with E-state index in [4.69, 9.17) is 0 Å². The topological polar surface area (TPSA) is 56.3 Å². The van der Waals surface area contributed by atoms with E-state index in [2.05, 4.69) is 9.72 Å². The van der Waals surface area contributed by atoms with E-state index >= 15 is 0 Å². The second-order valence-corrected chi connectivity index (χ2v) is 7.31. The summed E-state index contributed by atoms with van der Waals surface area (Å²) in [6, 6.07) is 8.68. The number of aryl methyl sites for hydroxylation is 1. The Labute approximate surface area is 163 Å². The smallest absolute Gasteiger partial charge is 0.428 e. The van der Waals surface area contributed by atoms with Crippen LogP contribution in [0, 0.1) is 6.92 Å². The van der Waals surface area contributed by atoms with Crippen molar-refractivity contribution in [3.05, 3.63) is 48.2 Å². The average molecular weight is 467 g/mol. The Morgan fingerprint density at radius 2 is 1.40 bits per heavy atom. The molecule has 0 aliphatic carbocycles. The first-order valence-electron chi connectivity index (χ1n) is 7.62. The highest BCUT2D eigenvalue weighted by Gasteiger charge is 2.86. The molecule has 0 atom stereocenters. The third-order valence-corrected chi connectivity index (χ3v) is 4.54. The fraction of sp³-hybridized carbons (Fsp3) is 0.312. The third-order valence-electron chi connectivity index (χ3n) is 3.67. The summed E-state index contributed by atoms with van der Waals surface area (Å²) >= 11 is 0. The summed E-state index contributed by atoms with van der Waals surface area (Å²) < 4.78 is 144. The maximum Gasteiger partial charge on any atom is 0.471 e. The largest absolute Gasteiger partial charge is 0.471 e. The van der Waals surface area contributed by atoms with E-state index < -0.39 is 39.2 Å². The maximum absolute atomic E-state index is 13.8. The van der Waals surface area contributed by atoms with Gasteiger partial charge in [-0.1, -0.05) is 34.2 Å². The van der Waals surface area contributed by atoms with E-state index in [-0.39, 0.29) is 17.0 Å².